The third-order valence-corrected chi connectivity index (χ3v) is 5.56. The molecule has 2 heterocycles. The third-order valence-electron chi connectivity index (χ3n) is 5.56. The second kappa shape index (κ2) is 6.83. The van der Waals surface area contributed by atoms with Crippen molar-refractivity contribution in [1.29, 1.82) is 0 Å². The molecule has 2 aromatic carbocycles. The lowest BCUT2D eigenvalue weighted by atomic mass is 9.64. The van der Waals surface area contributed by atoms with Gasteiger partial charge in [0.2, 0.25) is 0 Å². The van der Waals surface area contributed by atoms with Crippen molar-refractivity contribution in [1.82, 2.24) is 4.57 Å². The average molecular weight is 345 g/mol. The van der Waals surface area contributed by atoms with Crippen molar-refractivity contribution in [2.75, 3.05) is 6.61 Å². The van der Waals surface area contributed by atoms with Gasteiger partial charge in [0.05, 0.1) is 5.41 Å². The van der Waals surface area contributed by atoms with Gasteiger partial charge in [0, 0.05) is 31.3 Å². The van der Waals surface area contributed by atoms with Crippen molar-refractivity contribution in [3.05, 3.63) is 95.8 Å². The molecule has 0 amide bonds. The minimum atomic E-state index is -0.402. The summed E-state index contributed by atoms with van der Waals surface area (Å²) in [4.78, 5) is 11.7. The van der Waals surface area contributed by atoms with Gasteiger partial charge in [-0.05, 0) is 29.7 Å². The van der Waals surface area contributed by atoms with Crippen molar-refractivity contribution in [2.24, 2.45) is 0 Å². The predicted octanol–water partition coefficient (Wildman–Crippen LogP) is 4.52. The number of carbonyl (C=O) groups is 1. The molecule has 1 unspecified atom stereocenters. The Bertz CT molecular complexity index is 843. The summed E-state index contributed by atoms with van der Waals surface area (Å²) in [6.07, 6.45) is 3.17. The standard InChI is InChI=1S/C23H23NO2/c1-18(25)26-17-23(19-9-4-2-5-10-19,20-11-6-3-7-12-20)21-14-16-24-15-8-13-22(21)24/h2-13,15,21H,14,16-17H2,1H3. The Labute approximate surface area is 154 Å². The zero-order valence-corrected chi connectivity index (χ0v) is 15.0. The Morgan fingerprint density at radius 3 is 2.19 bits per heavy atom. The molecule has 1 aromatic heterocycles. The number of fused-ring (bicyclic) bond motifs is 1. The van der Waals surface area contributed by atoms with E-state index in [4.69, 9.17) is 4.74 Å². The molecule has 1 atom stereocenters. The Kier molecular flexibility index (Phi) is 4.37. The summed E-state index contributed by atoms with van der Waals surface area (Å²) in [7, 11) is 0. The summed E-state index contributed by atoms with van der Waals surface area (Å²) in [6, 6.07) is 25.2. The van der Waals surface area contributed by atoms with Crippen LogP contribution in [0.25, 0.3) is 0 Å². The molecule has 3 nitrogen and oxygen atoms in total. The molecule has 4 rings (SSSR count). The second-order valence-corrected chi connectivity index (χ2v) is 6.95. The number of carbonyl (C=O) groups excluding carboxylic acids is 1. The number of rotatable bonds is 5. The van der Waals surface area contributed by atoms with Crippen LogP contribution in [0.5, 0.6) is 0 Å². The van der Waals surface area contributed by atoms with E-state index in [1.165, 1.54) is 23.7 Å². The molecule has 0 saturated heterocycles. The minimum Gasteiger partial charge on any atom is -0.465 e. The van der Waals surface area contributed by atoms with Gasteiger partial charge in [0.1, 0.15) is 6.61 Å². The van der Waals surface area contributed by atoms with Gasteiger partial charge in [-0.1, -0.05) is 60.7 Å². The molecule has 26 heavy (non-hydrogen) atoms. The Hall–Kier alpha value is -2.81. The van der Waals surface area contributed by atoms with Gasteiger partial charge in [-0.3, -0.25) is 4.79 Å². The summed E-state index contributed by atoms with van der Waals surface area (Å²) in [5.74, 6) is 0.0104. The van der Waals surface area contributed by atoms with E-state index in [1.54, 1.807) is 0 Å². The van der Waals surface area contributed by atoms with Gasteiger partial charge in [-0.2, -0.15) is 0 Å². The quantitative estimate of drug-likeness (QED) is 0.637. The molecule has 0 fully saturated rings. The van der Waals surface area contributed by atoms with Gasteiger partial charge in [0.15, 0.2) is 0 Å². The van der Waals surface area contributed by atoms with Crippen molar-refractivity contribution >= 4 is 5.97 Å². The Morgan fingerprint density at radius 1 is 1.00 bits per heavy atom. The number of esters is 1. The molecule has 1 aliphatic rings. The highest BCUT2D eigenvalue weighted by Crippen LogP contribution is 2.49. The van der Waals surface area contributed by atoms with Crippen LogP contribution in [0.1, 0.15) is 36.1 Å². The number of aromatic nitrogens is 1. The smallest absolute Gasteiger partial charge is 0.302 e. The summed E-state index contributed by atoms with van der Waals surface area (Å²) in [6.45, 7) is 2.82. The maximum atomic E-state index is 11.7. The first-order chi connectivity index (χ1) is 12.7. The van der Waals surface area contributed by atoms with Crippen molar-refractivity contribution in [2.45, 2.75) is 31.2 Å². The van der Waals surface area contributed by atoms with Gasteiger partial charge in [-0.25, -0.2) is 0 Å². The van der Waals surface area contributed by atoms with Crippen molar-refractivity contribution < 1.29 is 9.53 Å². The van der Waals surface area contributed by atoms with E-state index in [-0.39, 0.29) is 11.9 Å². The van der Waals surface area contributed by atoms with Crippen LogP contribution in [0, 0.1) is 0 Å². The molecule has 132 valence electrons. The van der Waals surface area contributed by atoms with Crippen LogP contribution >= 0.6 is 0 Å². The van der Waals surface area contributed by atoms with E-state index in [0.717, 1.165) is 13.0 Å². The fourth-order valence-corrected chi connectivity index (χ4v) is 4.39. The van der Waals surface area contributed by atoms with Crippen molar-refractivity contribution in [3.63, 3.8) is 0 Å². The van der Waals surface area contributed by atoms with E-state index in [1.807, 2.05) is 12.1 Å². The van der Waals surface area contributed by atoms with Gasteiger partial charge < -0.3 is 9.30 Å². The lowest BCUT2D eigenvalue weighted by Crippen LogP contribution is -2.39. The van der Waals surface area contributed by atoms with Crippen LogP contribution in [0.2, 0.25) is 0 Å². The highest BCUT2D eigenvalue weighted by molar-refractivity contribution is 5.66. The maximum absolute atomic E-state index is 11.7. The largest absolute Gasteiger partial charge is 0.465 e. The van der Waals surface area contributed by atoms with Crippen molar-refractivity contribution in [3.8, 4) is 0 Å². The summed E-state index contributed by atoms with van der Waals surface area (Å²) >= 11 is 0. The third kappa shape index (κ3) is 2.74. The molecule has 0 aliphatic carbocycles. The molecule has 0 spiro atoms. The van der Waals surface area contributed by atoms with Gasteiger partial charge >= 0.3 is 5.97 Å². The Morgan fingerprint density at radius 2 is 1.62 bits per heavy atom. The first kappa shape index (κ1) is 16.6. The SMILES string of the molecule is CC(=O)OCC(c1ccccc1)(c1ccccc1)C1CCn2cccc21. The molecule has 1 aliphatic heterocycles. The number of aryl methyl sites for hydroxylation is 1. The van der Waals surface area contributed by atoms with Crippen LogP contribution in [0.4, 0.5) is 0 Å². The monoisotopic (exact) mass is 345 g/mol. The maximum Gasteiger partial charge on any atom is 0.302 e. The van der Waals surface area contributed by atoms with E-state index < -0.39 is 5.41 Å². The van der Waals surface area contributed by atoms with Crippen LogP contribution < -0.4 is 0 Å². The number of hydrogen-bond donors (Lipinski definition) is 0. The number of nitrogens with zero attached hydrogens (tertiary/aromatic N) is 1. The number of ether oxygens (including phenoxy) is 1. The predicted molar refractivity (Wildman–Crippen MR) is 102 cm³/mol. The molecular weight excluding hydrogens is 322 g/mol. The minimum absolute atomic E-state index is 0.241. The normalized spacial score (nSPS) is 16.3. The average Bonchev–Trinajstić information content (AvgIpc) is 3.29. The molecular formula is C23H23NO2. The Balaban J connectivity index is 1.93. The lowest BCUT2D eigenvalue weighted by molar-refractivity contribution is -0.142. The summed E-state index contributed by atoms with van der Waals surface area (Å²) in [5.41, 5.74) is 3.28. The van der Waals surface area contributed by atoms with Crippen LogP contribution in [0.3, 0.4) is 0 Å². The van der Waals surface area contributed by atoms with E-state index in [9.17, 15) is 4.79 Å². The molecule has 0 N–H and O–H groups in total. The summed E-state index contributed by atoms with van der Waals surface area (Å²) in [5, 5.41) is 0. The fourth-order valence-electron chi connectivity index (χ4n) is 4.39. The van der Waals surface area contributed by atoms with E-state index in [2.05, 4.69) is 71.4 Å². The van der Waals surface area contributed by atoms with E-state index in [0.29, 0.717) is 6.61 Å². The molecule has 3 heteroatoms. The van der Waals surface area contributed by atoms with Gasteiger partial charge in [0.25, 0.3) is 0 Å². The lowest BCUT2D eigenvalue weighted by Gasteiger charge is -2.39. The highest BCUT2D eigenvalue weighted by Gasteiger charge is 2.46. The van der Waals surface area contributed by atoms with Crippen LogP contribution in [-0.4, -0.2) is 17.1 Å². The number of hydrogen-bond acceptors (Lipinski definition) is 2. The first-order valence-corrected chi connectivity index (χ1v) is 9.11. The van der Waals surface area contributed by atoms with Crippen LogP contribution in [-0.2, 0) is 21.5 Å². The van der Waals surface area contributed by atoms with E-state index >= 15 is 0 Å². The van der Waals surface area contributed by atoms with Crippen LogP contribution in [0.15, 0.2) is 79.0 Å². The molecule has 0 bridgehead atoms. The molecule has 3 aromatic rings. The zero-order chi connectivity index (χ0) is 18.0. The fraction of sp³-hybridized carbons (Fsp3) is 0.261. The topological polar surface area (TPSA) is 31.2 Å². The number of benzene rings is 2. The summed E-state index contributed by atoms with van der Waals surface area (Å²) < 4.78 is 7.99. The van der Waals surface area contributed by atoms with Gasteiger partial charge in [-0.15, -0.1) is 0 Å². The first-order valence-electron chi connectivity index (χ1n) is 9.11. The molecule has 0 saturated carbocycles. The zero-order valence-electron chi connectivity index (χ0n) is 15.0. The second-order valence-electron chi connectivity index (χ2n) is 6.95. The molecule has 0 radical (unpaired) electrons. The highest BCUT2D eigenvalue weighted by atomic mass is 16.5.